The van der Waals surface area contributed by atoms with E-state index in [1.807, 2.05) is 13.8 Å². The number of fused-ring (bicyclic) bond motifs is 1. The van der Waals surface area contributed by atoms with Crippen LogP contribution in [0.1, 0.15) is 13.8 Å². The third-order valence-electron chi connectivity index (χ3n) is 4.37. The van der Waals surface area contributed by atoms with Gasteiger partial charge in [-0.2, -0.15) is 4.98 Å². The molecule has 0 radical (unpaired) electrons. The molecule has 148 valence electrons. The monoisotopic (exact) mass is 398 g/mol. The highest BCUT2D eigenvalue weighted by molar-refractivity contribution is 5.80. The van der Waals surface area contributed by atoms with E-state index < -0.39 is 22.8 Å². The lowest BCUT2D eigenvalue weighted by Crippen LogP contribution is -2.37. The molecule has 0 spiro atoms. The highest BCUT2D eigenvalue weighted by Crippen LogP contribution is 2.25. The Kier molecular flexibility index (Phi) is 4.57. The SMILES string of the molecule is CC(C)Cn1c(=O)c(=O)[nH]c2cc(-c3noc(-c4ccc(F)c(F)c4)n3)ccc21. The Labute approximate surface area is 162 Å². The van der Waals surface area contributed by atoms with Gasteiger partial charge in [-0.05, 0) is 42.3 Å². The summed E-state index contributed by atoms with van der Waals surface area (Å²) in [5.74, 6) is -1.59. The number of nitrogens with zero attached hydrogens (tertiary/aromatic N) is 3. The molecule has 2 aromatic carbocycles. The van der Waals surface area contributed by atoms with Gasteiger partial charge in [0.25, 0.3) is 5.89 Å². The molecule has 7 nitrogen and oxygen atoms in total. The molecule has 0 atom stereocenters. The van der Waals surface area contributed by atoms with Crippen molar-refractivity contribution >= 4 is 11.0 Å². The second-order valence-electron chi connectivity index (χ2n) is 7.05. The van der Waals surface area contributed by atoms with Gasteiger partial charge >= 0.3 is 11.1 Å². The standard InChI is InChI=1S/C20H16F2N4O3/c1-10(2)9-26-16-6-4-11(8-15(16)23-18(27)20(26)28)17-24-19(29-25-17)12-3-5-13(21)14(22)7-12/h3-8,10H,9H2,1-2H3,(H,23,27). The van der Waals surface area contributed by atoms with Crippen LogP contribution in [0.3, 0.4) is 0 Å². The molecule has 0 unspecified atom stereocenters. The van der Waals surface area contributed by atoms with Crippen molar-refractivity contribution in [2.45, 2.75) is 20.4 Å². The number of aromatic nitrogens is 4. The van der Waals surface area contributed by atoms with Crippen LogP contribution in [-0.2, 0) is 6.54 Å². The van der Waals surface area contributed by atoms with Gasteiger partial charge < -0.3 is 14.1 Å². The highest BCUT2D eigenvalue weighted by atomic mass is 19.2. The zero-order chi connectivity index (χ0) is 20.7. The van der Waals surface area contributed by atoms with E-state index in [-0.39, 0.29) is 23.2 Å². The Morgan fingerprint density at radius 3 is 2.55 bits per heavy atom. The Bertz CT molecular complexity index is 1340. The highest BCUT2D eigenvalue weighted by Gasteiger charge is 2.15. The summed E-state index contributed by atoms with van der Waals surface area (Å²) in [7, 11) is 0. The van der Waals surface area contributed by atoms with Gasteiger partial charge in [0, 0.05) is 17.7 Å². The van der Waals surface area contributed by atoms with Gasteiger partial charge in [-0.3, -0.25) is 9.59 Å². The van der Waals surface area contributed by atoms with Crippen LogP contribution < -0.4 is 11.1 Å². The normalized spacial score (nSPS) is 11.5. The molecule has 0 aliphatic carbocycles. The smallest absolute Gasteiger partial charge is 0.316 e. The van der Waals surface area contributed by atoms with Crippen molar-refractivity contribution in [3.63, 3.8) is 0 Å². The molecule has 0 fully saturated rings. The molecule has 0 saturated carbocycles. The molecule has 29 heavy (non-hydrogen) atoms. The maximum absolute atomic E-state index is 13.4. The molecule has 1 N–H and O–H groups in total. The maximum Gasteiger partial charge on any atom is 0.316 e. The van der Waals surface area contributed by atoms with E-state index in [0.717, 1.165) is 12.1 Å². The third kappa shape index (κ3) is 3.46. The van der Waals surface area contributed by atoms with Gasteiger partial charge in [0.15, 0.2) is 11.6 Å². The fourth-order valence-corrected chi connectivity index (χ4v) is 3.05. The molecule has 2 aromatic heterocycles. The van der Waals surface area contributed by atoms with Crippen molar-refractivity contribution in [3.8, 4) is 22.8 Å². The van der Waals surface area contributed by atoms with Crippen LogP contribution in [-0.4, -0.2) is 19.7 Å². The van der Waals surface area contributed by atoms with E-state index in [0.29, 0.717) is 23.1 Å². The number of benzene rings is 2. The molecule has 2 heterocycles. The summed E-state index contributed by atoms with van der Waals surface area (Å²) in [6.07, 6.45) is 0. The predicted octanol–water partition coefficient (Wildman–Crippen LogP) is 3.34. The first-order chi connectivity index (χ1) is 13.8. The lowest BCUT2D eigenvalue weighted by atomic mass is 10.1. The van der Waals surface area contributed by atoms with E-state index in [1.54, 1.807) is 18.2 Å². The fraction of sp³-hybridized carbons (Fsp3) is 0.200. The van der Waals surface area contributed by atoms with Crippen LogP contribution in [0, 0.1) is 17.6 Å². The van der Waals surface area contributed by atoms with Crippen molar-refractivity contribution in [1.29, 1.82) is 0 Å². The topological polar surface area (TPSA) is 93.8 Å². The number of hydrogen-bond acceptors (Lipinski definition) is 5. The number of aromatic amines is 1. The van der Waals surface area contributed by atoms with Gasteiger partial charge in [-0.25, -0.2) is 8.78 Å². The second-order valence-corrected chi connectivity index (χ2v) is 7.05. The Hall–Kier alpha value is -3.62. The summed E-state index contributed by atoms with van der Waals surface area (Å²) >= 11 is 0. The molecule has 4 rings (SSSR count). The van der Waals surface area contributed by atoms with E-state index in [4.69, 9.17) is 4.52 Å². The van der Waals surface area contributed by atoms with Crippen LogP contribution in [0.2, 0.25) is 0 Å². The minimum Gasteiger partial charge on any atom is -0.334 e. The summed E-state index contributed by atoms with van der Waals surface area (Å²) in [5.41, 5.74) is 0.469. The zero-order valence-corrected chi connectivity index (χ0v) is 15.6. The van der Waals surface area contributed by atoms with Crippen LogP contribution in [0.15, 0.2) is 50.5 Å². The lowest BCUT2D eigenvalue weighted by molar-refractivity contribution is 0.431. The molecule has 0 aliphatic heterocycles. The van der Waals surface area contributed by atoms with E-state index in [1.165, 1.54) is 10.6 Å². The lowest BCUT2D eigenvalue weighted by Gasteiger charge is -2.12. The molecule has 0 amide bonds. The molecule has 9 heteroatoms. The Morgan fingerprint density at radius 1 is 1.07 bits per heavy atom. The largest absolute Gasteiger partial charge is 0.334 e. The summed E-state index contributed by atoms with van der Waals surface area (Å²) in [4.78, 5) is 31.0. The van der Waals surface area contributed by atoms with Gasteiger partial charge in [-0.15, -0.1) is 0 Å². The Balaban J connectivity index is 1.78. The molecule has 0 saturated heterocycles. The van der Waals surface area contributed by atoms with Crippen LogP contribution in [0.25, 0.3) is 33.9 Å². The predicted molar refractivity (Wildman–Crippen MR) is 102 cm³/mol. The van der Waals surface area contributed by atoms with E-state index >= 15 is 0 Å². The third-order valence-corrected chi connectivity index (χ3v) is 4.37. The summed E-state index contributed by atoms with van der Waals surface area (Å²) < 4.78 is 33.1. The number of hydrogen-bond donors (Lipinski definition) is 1. The second kappa shape index (κ2) is 7.08. The van der Waals surface area contributed by atoms with Crippen LogP contribution in [0.5, 0.6) is 0 Å². The minimum atomic E-state index is -1.02. The average molecular weight is 398 g/mol. The van der Waals surface area contributed by atoms with Crippen molar-refractivity contribution in [3.05, 3.63) is 68.7 Å². The van der Waals surface area contributed by atoms with Gasteiger partial charge in [-0.1, -0.05) is 19.0 Å². The molecule has 4 aromatic rings. The molecular weight excluding hydrogens is 382 g/mol. The van der Waals surface area contributed by atoms with Gasteiger partial charge in [0.05, 0.1) is 11.0 Å². The van der Waals surface area contributed by atoms with Crippen molar-refractivity contribution in [1.82, 2.24) is 19.7 Å². The van der Waals surface area contributed by atoms with Crippen molar-refractivity contribution < 1.29 is 13.3 Å². The van der Waals surface area contributed by atoms with Crippen molar-refractivity contribution in [2.75, 3.05) is 0 Å². The first-order valence-electron chi connectivity index (χ1n) is 8.90. The Morgan fingerprint density at radius 2 is 1.83 bits per heavy atom. The molecule has 0 aliphatic rings. The first-order valence-corrected chi connectivity index (χ1v) is 8.90. The van der Waals surface area contributed by atoms with Gasteiger partial charge in [0.2, 0.25) is 5.82 Å². The number of rotatable bonds is 4. The number of halogens is 2. The molecular formula is C20H16F2N4O3. The molecule has 0 bridgehead atoms. The summed E-state index contributed by atoms with van der Waals surface area (Å²) in [6, 6.07) is 8.29. The number of H-pyrrole nitrogens is 1. The number of nitrogens with one attached hydrogen (secondary N) is 1. The van der Waals surface area contributed by atoms with Crippen LogP contribution in [0.4, 0.5) is 8.78 Å². The van der Waals surface area contributed by atoms with Crippen molar-refractivity contribution in [2.24, 2.45) is 5.92 Å². The zero-order valence-electron chi connectivity index (χ0n) is 15.6. The van der Waals surface area contributed by atoms with E-state index in [9.17, 15) is 18.4 Å². The first kappa shape index (κ1) is 18.7. The minimum absolute atomic E-state index is 0.0252. The van der Waals surface area contributed by atoms with Gasteiger partial charge in [0.1, 0.15) is 0 Å². The summed E-state index contributed by atoms with van der Waals surface area (Å²) in [5, 5.41) is 3.87. The summed E-state index contributed by atoms with van der Waals surface area (Å²) in [6.45, 7) is 4.31. The van der Waals surface area contributed by atoms with Crippen LogP contribution >= 0.6 is 0 Å². The average Bonchev–Trinajstić information content (AvgIpc) is 3.17. The maximum atomic E-state index is 13.4. The fourth-order valence-electron chi connectivity index (χ4n) is 3.05. The van der Waals surface area contributed by atoms with E-state index in [2.05, 4.69) is 15.1 Å². The quantitative estimate of drug-likeness (QED) is 0.532.